The Labute approximate surface area is 167 Å². The van der Waals surface area contributed by atoms with Gasteiger partial charge in [0.25, 0.3) is 5.91 Å². The van der Waals surface area contributed by atoms with Crippen molar-refractivity contribution in [3.05, 3.63) is 46.5 Å². The van der Waals surface area contributed by atoms with E-state index in [1.165, 1.54) is 16.8 Å². The van der Waals surface area contributed by atoms with Crippen LogP contribution in [0.4, 0.5) is 4.39 Å². The minimum Gasteiger partial charge on any atom is -0.353 e. The van der Waals surface area contributed by atoms with Gasteiger partial charge in [0, 0.05) is 25.0 Å². The predicted octanol–water partition coefficient (Wildman–Crippen LogP) is 3.10. The number of benzene rings is 1. The van der Waals surface area contributed by atoms with E-state index in [-0.39, 0.29) is 28.7 Å². The van der Waals surface area contributed by atoms with Crippen molar-refractivity contribution in [2.24, 2.45) is 5.92 Å². The molecule has 0 bridgehead atoms. The summed E-state index contributed by atoms with van der Waals surface area (Å²) >= 11 is 6.46. The van der Waals surface area contributed by atoms with Gasteiger partial charge >= 0.3 is 0 Å². The lowest BCUT2D eigenvalue weighted by Gasteiger charge is -2.31. The van der Waals surface area contributed by atoms with Gasteiger partial charge in [-0.2, -0.15) is 5.10 Å². The molecule has 4 rings (SSSR count). The first-order chi connectivity index (χ1) is 13.4. The molecule has 0 radical (unpaired) electrons. The van der Waals surface area contributed by atoms with Crippen LogP contribution in [0.1, 0.15) is 41.7 Å². The van der Waals surface area contributed by atoms with Crippen LogP contribution in [-0.2, 0) is 4.79 Å². The number of aryl methyl sites for hydroxylation is 1. The van der Waals surface area contributed by atoms with Gasteiger partial charge in [0.05, 0.1) is 16.9 Å². The Morgan fingerprint density at radius 1 is 1.14 bits per heavy atom. The number of likely N-dealkylation sites (tertiary alicyclic amines) is 1. The number of carbonyl (C=O) groups excluding carboxylic acids is 2. The van der Waals surface area contributed by atoms with Crippen molar-refractivity contribution in [3.8, 4) is 5.69 Å². The summed E-state index contributed by atoms with van der Waals surface area (Å²) in [5.41, 5.74) is 1.46. The van der Waals surface area contributed by atoms with Crippen molar-refractivity contribution in [3.63, 3.8) is 0 Å². The Morgan fingerprint density at radius 2 is 1.79 bits per heavy atom. The fourth-order valence-corrected chi connectivity index (χ4v) is 3.90. The van der Waals surface area contributed by atoms with Crippen LogP contribution in [0.5, 0.6) is 0 Å². The summed E-state index contributed by atoms with van der Waals surface area (Å²) in [6, 6.07) is 6.12. The van der Waals surface area contributed by atoms with Crippen molar-refractivity contribution in [2.75, 3.05) is 13.1 Å². The SMILES string of the molecule is Cc1nn(-c2ccc(F)cc2)c(Cl)c1C(=O)N1CCC(C(=O)NC2CC2)CC1. The number of aromatic nitrogens is 2. The zero-order valence-corrected chi connectivity index (χ0v) is 16.4. The Bertz CT molecular complexity index is 900. The molecule has 6 nitrogen and oxygen atoms in total. The average Bonchev–Trinajstić information content (AvgIpc) is 3.45. The van der Waals surface area contributed by atoms with E-state index < -0.39 is 0 Å². The molecule has 0 spiro atoms. The normalized spacial score (nSPS) is 17.6. The molecule has 2 fully saturated rings. The predicted molar refractivity (Wildman–Crippen MR) is 103 cm³/mol. The number of nitrogens with zero attached hydrogens (tertiary/aromatic N) is 3. The van der Waals surface area contributed by atoms with E-state index in [0.29, 0.717) is 48.9 Å². The summed E-state index contributed by atoms with van der Waals surface area (Å²) in [6.45, 7) is 2.76. The summed E-state index contributed by atoms with van der Waals surface area (Å²) in [5.74, 6) is -0.471. The second kappa shape index (κ2) is 7.54. The third-order valence-corrected chi connectivity index (χ3v) is 5.71. The van der Waals surface area contributed by atoms with Gasteiger partial charge in [-0.1, -0.05) is 11.6 Å². The first-order valence-electron chi connectivity index (χ1n) is 9.54. The molecule has 1 aliphatic heterocycles. The number of amides is 2. The summed E-state index contributed by atoms with van der Waals surface area (Å²) in [6.07, 6.45) is 3.43. The molecule has 1 saturated carbocycles. The second-order valence-corrected chi connectivity index (χ2v) is 7.85. The maximum atomic E-state index is 13.2. The quantitative estimate of drug-likeness (QED) is 0.851. The lowest BCUT2D eigenvalue weighted by Crippen LogP contribution is -2.43. The molecule has 1 aromatic carbocycles. The van der Waals surface area contributed by atoms with Gasteiger partial charge in [-0.3, -0.25) is 9.59 Å². The first kappa shape index (κ1) is 18.9. The van der Waals surface area contributed by atoms with Crippen molar-refractivity contribution in [1.82, 2.24) is 20.0 Å². The highest BCUT2D eigenvalue weighted by Crippen LogP contribution is 2.28. The third-order valence-electron chi connectivity index (χ3n) is 5.37. The van der Waals surface area contributed by atoms with Crippen molar-refractivity contribution < 1.29 is 14.0 Å². The maximum Gasteiger partial charge on any atom is 0.258 e. The van der Waals surface area contributed by atoms with E-state index in [9.17, 15) is 14.0 Å². The van der Waals surface area contributed by atoms with Crippen LogP contribution in [0, 0.1) is 18.7 Å². The molecule has 1 N–H and O–H groups in total. The number of hydrogen-bond acceptors (Lipinski definition) is 3. The fourth-order valence-electron chi connectivity index (χ4n) is 3.55. The van der Waals surface area contributed by atoms with E-state index in [0.717, 1.165) is 12.8 Å². The zero-order chi connectivity index (χ0) is 19.8. The Morgan fingerprint density at radius 3 is 2.39 bits per heavy atom. The van der Waals surface area contributed by atoms with Gasteiger partial charge in [-0.25, -0.2) is 9.07 Å². The molecule has 8 heteroatoms. The summed E-state index contributed by atoms with van der Waals surface area (Å²) in [4.78, 5) is 27.0. The Balaban J connectivity index is 1.46. The molecule has 0 unspecified atom stereocenters. The van der Waals surface area contributed by atoms with Crippen LogP contribution in [0.2, 0.25) is 5.15 Å². The van der Waals surface area contributed by atoms with E-state index in [4.69, 9.17) is 11.6 Å². The van der Waals surface area contributed by atoms with Crippen LogP contribution >= 0.6 is 11.6 Å². The molecule has 0 atom stereocenters. The highest BCUT2D eigenvalue weighted by Gasteiger charge is 2.33. The number of hydrogen-bond donors (Lipinski definition) is 1. The summed E-state index contributed by atoms with van der Waals surface area (Å²) in [7, 11) is 0. The van der Waals surface area contributed by atoms with Crippen molar-refractivity contribution in [2.45, 2.75) is 38.6 Å². The monoisotopic (exact) mass is 404 g/mol. The van der Waals surface area contributed by atoms with Crippen LogP contribution in [0.25, 0.3) is 5.69 Å². The minimum absolute atomic E-state index is 0.0387. The summed E-state index contributed by atoms with van der Waals surface area (Å²) < 4.78 is 14.6. The van der Waals surface area contributed by atoms with Crippen LogP contribution in [0.3, 0.4) is 0 Å². The molecule has 1 aliphatic carbocycles. The fraction of sp³-hybridized carbons (Fsp3) is 0.450. The standard InChI is InChI=1S/C20H22ClFN4O2/c1-12-17(18(21)26(24-12)16-6-2-14(22)3-7-16)20(28)25-10-8-13(9-11-25)19(27)23-15-4-5-15/h2-3,6-7,13,15H,4-5,8-11H2,1H3,(H,23,27). The molecule has 2 aromatic rings. The number of nitrogens with one attached hydrogen (secondary N) is 1. The number of halogens is 2. The highest BCUT2D eigenvalue weighted by atomic mass is 35.5. The number of piperidine rings is 1. The third kappa shape index (κ3) is 3.76. The van der Waals surface area contributed by atoms with Crippen LogP contribution in [0.15, 0.2) is 24.3 Å². The number of carbonyl (C=O) groups is 2. The summed E-state index contributed by atoms with van der Waals surface area (Å²) in [5, 5.41) is 7.61. The van der Waals surface area contributed by atoms with E-state index in [1.54, 1.807) is 24.0 Å². The molecule has 2 amide bonds. The Kier molecular flexibility index (Phi) is 5.10. The highest BCUT2D eigenvalue weighted by molar-refractivity contribution is 6.33. The molecule has 148 valence electrons. The molecular weight excluding hydrogens is 383 g/mol. The van der Waals surface area contributed by atoms with E-state index in [1.807, 2.05) is 0 Å². The molecule has 2 aliphatic rings. The largest absolute Gasteiger partial charge is 0.353 e. The molecule has 1 aromatic heterocycles. The maximum absolute atomic E-state index is 13.2. The molecule has 2 heterocycles. The second-order valence-electron chi connectivity index (χ2n) is 7.49. The van der Waals surface area contributed by atoms with Gasteiger partial charge in [0.15, 0.2) is 0 Å². The van der Waals surface area contributed by atoms with E-state index >= 15 is 0 Å². The van der Waals surface area contributed by atoms with Gasteiger partial charge < -0.3 is 10.2 Å². The van der Waals surface area contributed by atoms with Crippen molar-refractivity contribution >= 4 is 23.4 Å². The van der Waals surface area contributed by atoms with Gasteiger partial charge in [-0.15, -0.1) is 0 Å². The van der Waals surface area contributed by atoms with Gasteiger partial charge in [-0.05, 0) is 56.9 Å². The zero-order valence-electron chi connectivity index (χ0n) is 15.6. The smallest absolute Gasteiger partial charge is 0.258 e. The lowest BCUT2D eigenvalue weighted by atomic mass is 9.95. The van der Waals surface area contributed by atoms with Crippen LogP contribution in [-0.4, -0.2) is 45.6 Å². The van der Waals surface area contributed by atoms with Crippen LogP contribution < -0.4 is 5.32 Å². The van der Waals surface area contributed by atoms with E-state index in [2.05, 4.69) is 10.4 Å². The minimum atomic E-state index is -0.353. The lowest BCUT2D eigenvalue weighted by molar-refractivity contribution is -0.126. The molecule has 28 heavy (non-hydrogen) atoms. The topological polar surface area (TPSA) is 67.2 Å². The van der Waals surface area contributed by atoms with Crippen molar-refractivity contribution in [1.29, 1.82) is 0 Å². The van der Waals surface area contributed by atoms with Gasteiger partial charge in [0.1, 0.15) is 11.0 Å². The molecular formula is C20H22ClFN4O2. The van der Waals surface area contributed by atoms with Gasteiger partial charge in [0.2, 0.25) is 5.91 Å². The Hall–Kier alpha value is -2.41. The molecule has 1 saturated heterocycles. The number of rotatable bonds is 4. The first-order valence-corrected chi connectivity index (χ1v) is 9.92. The average molecular weight is 405 g/mol.